The van der Waals surface area contributed by atoms with Crippen LogP contribution in [0.15, 0.2) is 72.9 Å². The Balaban J connectivity index is 4.09. The number of hydrogen-bond acceptors (Lipinski definition) is 6. The van der Waals surface area contributed by atoms with Gasteiger partial charge in [-0.15, -0.1) is 0 Å². The summed E-state index contributed by atoms with van der Waals surface area (Å²) in [7, 11) is 0. The smallest absolute Gasteiger partial charge is 0.306 e. The molecule has 77 heavy (non-hydrogen) atoms. The number of esters is 3. The molecule has 0 bridgehead atoms. The van der Waals surface area contributed by atoms with Gasteiger partial charge in [-0.25, -0.2) is 0 Å². The summed E-state index contributed by atoms with van der Waals surface area (Å²) in [5.41, 5.74) is 0. The summed E-state index contributed by atoms with van der Waals surface area (Å²) in [5, 5.41) is 0. The van der Waals surface area contributed by atoms with Gasteiger partial charge in [0.25, 0.3) is 0 Å². The fraction of sp³-hybridized carbons (Fsp3) is 0.789. The summed E-state index contributed by atoms with van der Waals surface area (Å²) in [4.78, 5) is 38.2. The molecule has 0 aliphatic rings. The van der Waals surface area contributed by atoms with Gasteiger partial charge in [-0.05, 0) is 70.6 Å². The van der Waals surface area contributed by atoms with E-state index in [2.05, 4.69) is 93.7 Å². The fourth-order valence-corrected chi connectivity index (χ4v) is 9.74. The largest absolute Gasteiger partial charge is 0.462 e. The van der Waals surface area contributed by atoms with Gasteiger partial charge in [-0.3, -0.25) is 14.4 Å². The first-order chi connectivity index (χ1) is 38.0. The van der Waals surface area contributed by atoms with Crippen molar-refractivity contribution in [3.8, 4) is 0 Å². The van der Waals surface area contributed by atoms with E-state index in [0.29, 0.717) is 19.3 Å². The standard InChI is InChI=1S/C71H126O6/c1-4-7-10-13-16-19-21-23-25-27-28-29-30-31-32-33-34-35-36-37-38-39-40-41-42-44-45-47-49-52-55-58-61-64-70(73)76-67-68(66-75-69(72)63-60-57-54-51-18-15-12-9-6-3)77-71(74)65-62-59-56-53-50-48-46-43-26-24-22-20-17-14-11-8-5-2/h7,10,16,19,23,25,28-29,31-32,34-35,68H,4-6,8-9,11-15,17-18,20-22,24,26-27,30,33,36-67H2,1-3H3/b10-7-,19-16-,25-23-,29-28-,32-31-,35-34-. The second-order valence-electron chi connectivity index (χ2n) is 22.4. The minimum Gasteiger partial charge on any atom is -0.462 e. The molecule has 1 unspecified atom stereocenters. The minimum absolute atomic E-state index is 0.0688. The third-order valence-electron chi connectivity index (χ3n) is 14.7. The number of unbranched alkanes of at least 4 members (excludes halogenated alkanes) is 38. The number of carbonyl (C=O) groups excluding carboxylic acids is 3. The molecule has 0 spiro atoms. The molecule has 0 N–H and O–H groups in total. The van der Waals surface area contributed by atoms with E-state index in [-0.39, 0.29) is 31.1 Å². The Bertz CT molecular complexity index is 1420. The Hall–Kier alpha value is -3.15. The highest BCUT2D eigenvalue weighted by atomic mass is 16.6. The average Bonchev–Trinajstić information content (AvgIpc) is 3.43. The molecule has 0 saturated carbocycles. The summed E-state index contributed by atoms with van der Waals surface area (Å²) in [6.07, 6.45) is 85.0. The van der Waals surface area contributed by atoms with E-state index in [1.165, 1.54) is 205 Å². The first-order valence-corrected chi connectivity index (χ1v) is 33.4. The number of allylic oxidation sites excluding steroid dienone is 12. The van der Waals surface area contributed by atoms with E-state index in [0.717, 1.165) is 96.3 Å². The molecule has 0 amide bonds. The predicted octanol–water partition coefficient (Wildman–Crippen LogP) is 22.9. The summed E-state index contributed by atoms with van der Waals surface area (Å²) >= 11 is 0. The molecule has 0 aliphatic heterocycles. The molecule has 6 nitrogen and oxygen atoms in total. The zero-order valence-electron chi connectivity index (χ0n) is 51.2. The topological polar surface area (TPSA) is 78.9 Å². The van der Waals surface area contributed by atoms with Gasteiger partial charge in [-0.1, -0.05) is 325 Å². The van der Waals surface area contributed by atoms with E-state index < -0.39 is 6.10 Å². The molecule has 0 saturated heterocycles. The zero-order valence-corrected chi connectivity index (χ0v) is 51.2. The van der Waals surface area contributed by atoms with Crippen molar-refractivity contribution in [3.05, 3.63) is 72.9 Å². The average molecular weight is 1080 g/mol. The molecule has 1 atom stereocenters. The second-order valence-corrected chi connectivity index (χ2v) is 22.4. The lowest BCUT2D eigenvalue weighted by Gasteiger charge is -2.18. The molecular weight excluding hydrogens is 949 g/mol. The van der Waals surface area contributed by atoms with E-state index in [1.807, 2.05) is 0 Å². The predicted molar refractivity (Wildman–Crippen MR) is 335 cm³/mol. The van der Waals surface area contributed by atoms with Crippen molar-refractivity contribution in [1.29, 1.82) is 0 Å². The minimum atomic E-state index is -0.770. The number of rotatable bonds is 61. The van der Waals surface area contributed by atoms with Crippen LogP contribution in [0, 0.1) is 0 Å². The van der Waals surface area contributed by atoms with Crippen LogP contribution in [-0.4, -0.2) is 37.2 Å². The highest BCUT2D eigenvalue weighted by molar-refractivity contribution is 5.71. The molecule has 0 fully saturated rings. The third kappa shape index (κ3) is 63.6. The maximum Gasteiger partial charge on any atom is 0.306 e. The maximum atomic E-state index is 12.9. The monoisotopic (exact) mass is 1070 g/mol. The van der Waals surface area contributed by atoms with Crippen molar-refractivity contribution < 1.29 is 28.6 Å². The Morgan fingerprint density at radius 3 is 0.792 bits per heavy atom. The number of carbonyl (C=O) groups is 3. The highest BCUT2D eigenvalue weighted by Gasteiger charge is 2.19. The van der Waals surface area contributed by atoms with Crippen LogP contribution in [0.2, 0.25) is 0 Å². The van der Waals surface area contributed by atoms with Crippen molar-refractivity contribution in [3.63, 3.8) is 0 Å². The summed E-state index contributed by atoms with van der Waals surface area (Å²) < 4.78 is 16.9. The normalized spacial score (nSPS) is 12.5. The van der Waals surface area contributed by atoms with Gasteiger partial charge in [0.15, 0.2) is 6.10 Å². The Morgan fingerprint density at radius 2 is 0.506 bits per heavy atom. The maximum absolute atomic E-state index is 12.9. The van der Waals surface area contributed by atoms with Crippen LogP contribution in [0.5, 0.6) is 0 Å². The van der Waals surface area contributed by atoms with Crippen molar-refractivity contribution in [2.75, 3.05) is 13.2 Å². The van der Waals surface area contributed by atoms with Crippen LogP contribution >= 0.6 is 0 Å². The van der Waals surface area contributed by atoms with Gasteiger partial charge in [0, 0.05) is 19.3 Å². The molecule has 0 heterocycles. The van der Waals surface area contributed by atoms with E-state index in [4.69, 9.17) is 14.2 Å². The van der Waals surface area contributed by atoms with Crippen molar-refractivity contribution >= 4 is 17.9 Å². The van der Waals surface area contributed by atoms with Crippen LogP contribution in [0.1, 0.15) is 342 Å². The van der Waals surface area contributed by atoms with Gasteiger partial charge in [0.05, 0.1) is 0 Å². The Kier molecular flexibility index (Phi) is 62.7. The number of hydrogen-bond donors (Lipinski definition) is 0. The molecule has 0 aromatic carbocycles. The molecule has 0 rings (SSSR count). The molecule has 0 radical (unpaired) electrons. The van der Waals surface area contributed by atoms with E-state index in [9.17, 15) is 14.4 Å². The summed E-state index contributed by atoms with van der Waals surface area (Å²) in [6, 6.07) is 0. The van der Waals surface area contributed by atoms with Gasteiger partial charge in [-0.2, -0.15) is 0 Å². The summed E-state index contributed by atoms with van der Waals surface area (Å²) in [6.45, 7) is 6.55. The van der Waals surface area contributed by atoms with Crippen molar-refractivity contribution in [2.45, 2.75) is 348 Å². The molecule has 0 aromatic rings. The highest BCUT2D eigenvalue weighted by Crippen LogP contribution is 2.18. The van der Waals surface area contributed by atoms with Crippen LogP contribution in [0.25, 0.3) is 0 Å². The SMILES string of the molecule is CC/C=C\C/C=C\C/C=C\C/C=C\C/C=C\C/C=C\CCCCCCCCCCCCCCCCC(=O)OCC(COC(=O)CCCCCCCCCCC)OC(=O)CCCCCCCCCCCCCCCCCCC. The lowest BCUT2D eigenvalue weighted by atomic mass is 10.0. The summed E-state index contributed by atoms with van der Waals surface area (Å²) in [5.74, 6) is -0.852. The van der Waals surface area contributed by atoms with E-state index in [1.54, 1.807) is 0 Å². The lowest BCUT2D eigenvalue weighted by molar-refractivity contribution is -0.167. The van der Waals surface area contributed by atoms with Crippen LogP contribution < -0.4 is 0 Å². The van der Waals surface area contributed by atoms with Gasteiger partial charge >= 0.3 is 17.9 Å². The Labute approximate surface area is 478 Å². The van der Waals surface area contributed by atoms with Gasteiger partial charge in [0.2, 0.25) is 0 Å². The van der Waals surface area contributed by atoms with Gasteiger partial charge < -0.3 is 14.2 Å². The molecule has 446 valence electrons. The molecule has 0 aliphatic carbocycles. The first kappa shape index (κ1) is 73.8. The fourth-order valence-electron chi connectivity index (χ4n) is 9.74. The Morgan fingerprint density at radius 1 is 0.273 bits per heavy atom. The lowest BCUT2D eigenvalue weighted by Crippen LogP contribution is -2.30. The molecular formula is C71H126O6. The van der Waals surface area contributed by atoms with Crippen LogP contribution in [0.3, 0.4) is 0 Å². The number of ether oxygens (including phenoxy) is 3. The van der Waals surface area contributed by atoms with Crippen LogP contribution in [0.4, 0.5) is 0 Å². The molecule has 6 heteroatoms. The first-order valence-electron chi connectivity index (χ1n) is 33.4. The second kappa shape index (κ2) is 65.4. The molecule has 0 aromatic heterocycles. The van der Waals surface area contributed by atoms with Crippen molar-refractivity contribution in [1.82, 2.24) is 0 Å². The van der Waals surface area contributed by atoms with E-state index >= 15 is 0 Å². The van der Waals surface area contributed by atoms with Crippen molar-refractivity contribution in [2.24, 2.45) is 0 Å². The third-order valence-corrected chi connectivity index (χ3v) is 14.7. The van der Waals surface area contributed by atoms with Crippen LogP contribution in [-0.2, 0) is 28.6 Å². The quantitative estimate of drug-likeness (QED) is 0.0261. The zero-order chi connectivity index (χ0) is 55.7. The van der Waals surface area contributed by atoms with Gasteiger partial charge in [0.1, 0.15) is 13.2 Å².